The zero-order valence-corrected chi connectivity index (χ0v) is 26.7. The summed E-state index contributed by atoms with van der Waals surface area (Å²) in [6, 6.07) is 54.1. The van der Waals surface area contributed by atoms with E-state index in [0.717, 1.165) is 4.05 Å². The van der Waals surface area contributed by atoms with Gasteiger partial charge in [-0.05, 0) is 34.2 Å². The molecule has 1 nitrogen and oxygen atoms in total. The summed E-state index contributed by atoms with van der Waals surface area (Å²) in [6.07, 6.45) is 3.88. The van der Waals surface area contributed by atoms with Crippen molar-refractivity contribution in [3.05, 3.63) is 233 Å². The Morgan fingerprint density at radius 1 is 0.357 bits per heavy atom. The fraction of sp³-hybridized carbons (Fsp3) is 0. The van der Waals surface area contributed by atoms with Crippen molar-refractivity contribution >= 4 is 22.6 Å². The molecule has 2 fully saturated rings. The predicted molar refractivity (Wildman–Crippen MR) is 176 cm³/mol. The summed E-state index contributed by atoms with van der Waals surface area (Å²) in [5.74, 6) is 6.39. The Kier molecular flexibility index (Phi) is 11.2. The summed E-state index contributed by atoms with van der Waals surface area (Å²) in [6.45, 7) is 1.78. The first-order valence-corrected chi connectivity index (χ1v) is 14.8. The van der Waals surface area contributed by atoms with Gasteiger partial charge in [0.25, 0.3) is 0 Å². The quantitative estimate of drug-likeness (QED) is 0.0971. The first-order chi connectivity index (χ1) is 20.3. The van der Waals surface area contributed by atoms with Gasteiger partial charge in [0.15, 0.2) is 0 Å². The van der Waals surface area contributed by atoms with Crippen molar-refractivity contribution in [2.45, 2.75) is 0 Å². The molecule has 1 aliphatic carbocycles. The van der Waals surface area contributed by atoms with E-state index in [1.165, 1.54) is 57.4 Å². The van der Waals surface area contributed by atoms with Crippen LogP contribution >= 0.6 is 22.6 Å². The average Bonchev–Trinajstić information content (AvgIpc) is 3.68. The van der Waals surface area contributed by atoms with Gasteiger partial charge in [0.2, 0.25) is 0 Å². The van der Waals surface area contributed by atoms with Gasteiger partial charge in [0.1, 0.15) is 4.05 Å². The standard InChI is InChI=1S/C35H25.C4H3IN.Ru/c1-6-16-26(17-7-1)31-32(27-18-8-2-9-19-27)34(29-22-12-4-13-23-29)35(30-24-14-5-15-25-30)33(31)28-20-10-3-11-21-28;5-4-2-1-3-6-4;/h1-25H;1-3H;/q;;+2. The van der Waals surface area contributed by atoms with E-state index in [9.17, 15) is 0 Å². The summed E-state index contributed by atoms with van der Waals surface area (Å²) < 4.78 is 1.06. The van der Waals surface area contributed by atoms with Crippen LogP contribution in [0.3, 0.4) is 0 Å². The maximum atomic E-state index is 3.90. The van der Waals surface area contributed by atoms with E-state index in [0.29, 0.717) is 0 Å². The summed E-state index contributed by atoms with van der Waals surface area (Å²) in [5, 5.41) is 3.90. The molecule has 5 aromatic rings. The Hall–Kier alpha value is -2.59. The van der Waals surface area contributed by atoms with Gasteiger partial charge in [-0.1, -0.05) is 174 Å². The largest absolute Gasteiger partial charge is 2.00 e. The van der Waals surface area contributed by atoms with Crippen molar-refractivity contribution in [3.8, 4) is 0 Å². The molecule has 5 aromatic carbocycles. The molecule has 1 saturated carbocycles. The van der Waals surface area contributed by atoms with Crippen LogP contribution in [0.1, 0.15) is 27.8 Å². The van der Waals surface area contributed by atoms with Gasteiger partial charge < -0.3 is 0 Å². The van der Waals surface area contributed by atoms with Crippen LogP contribution in [-0.2, 0) is 19.5 Å². The first kappa shape index (κ1) is 30.9. The predicted octanol–water partition coefficient (Wildman–Crippen LogP) is 9.21. The molecule has 0 amide bonds. The van der Waals surface area contributed by atoms with Crippen molar-refractivity contribution in [1.82, 2.24) is 5.32 Å². The molecule has 1 saturated heterocycles. The Bertz CT molecular complexity index is 1200. The SMILES string of the molecule is I[C]1[CH][CH][CH][N]1.[Ru+2].c1ccc([C]2[C](c3ccccc3)[C](c3ccccc3)[C](c3ccccc3)[C]2c2ccccc2)cc1. The third-order valence-corrected chi connectivity index (χ3v) is 7.72. The van der Waals surface area contributed by atoms with Crippen molar-refractivity contribution in [3.63, 3.8) is 0 Å². The zero-order chi connectivity index (χ0) is 27.9. The Balaban J connectivity index is 0.000000451. The van der Waals surface area contributed by atoms with Crippen LogP contribution in [0, 0.1) is 53.0 Å². The van der Waals surface area contributed by atoms with E-state index in [2.05, 4.69) is 180 Å². The molecule has 0 bridgehead atoms. The van der Waals surface area contributed by atoms with Gasteiger partial charge >= 0.3 is 19.5 Å². The van der Waals surface area contributed by atoms with Crippen molar-refractivity contribution in [2.24, 2.45) is 0 Å². The minimum absolute atomic E-state index is 0. The monoisotopic (exact) mass is 739 g/mol. The van der Waals surface area contributed by atoms with Crippen molar-refractivity contribution in [2.75, 3.05) is 0 Å². The number of rotatable bonds is 5. The van der Waals surface area contributed by atoms with Gasteiger partial charge in [0.05, 0.1) is 0 Å². The van der Waals surface area contributed by atoms with Crippen LogP contribution < -0.4 is 5.32 Å². The topological polar surface area (TPSA) is 14.1 Å². The number of nitrogens with zero attached hydrogens (tertiary/aromatic N) is 1. The molecule has 0 atom stereocenters. The van der Waals surface area contributed by atoms with Gasteiger partial charge in [0, 0.05) is 42.6 Å². The smallest absolute Gasteiger partial charge is 0.216 e. The molecule has 0 spiro atoms. The molecule has 0 aromatic heterocycles. The molecule has 0 N–H and O–H groups in total. The molecule has 1 aliphatic heterocycles. The van der Waals surface area contributed by atoms with Crippen molar-refractivity contribution in [1.29, 1.82) is 0 Å². The molecule has 42 heavy (non-hydrogen) atoms. The van der Waals surface area contributed by atoms with E-state index in [-0.39, 0.29) is 19.5 Å². The Morgan fingerprint density at radius 2 is 0.595 bits per heavy atom. The fourth-order valence-electron chi connectivity index (χ4n) is 5.37. The molecule has 2 aliphatic rings. The van der Waals surface area contributed by atoms with E-state index >= 15 is 0 Å². The van der Waals surface area contributed by atoms with Crippen LogP contribution in [0.15, 0.2) is 152 Å². The normalized spacial score (nSPS) is 17.0. The number of halogens is 1. The molecule has 10 radical (unpaired) electrons. The van der Waals surface area contributed by atoms with Crippen LogP contribution in [0.5, 0.6) is 0 Å². The maximum absolute atomic E-state index is 3.90. The van der Waals surface area contributed by atoms with Crippen LogP contribution in [-0.4, -0.2) is 0 Å². The minimum atomic E-state index is 0. The van der Waals surface area contributed by atoms with E-state index in [1.54, 1.807) is 6.54 Å². The van der Waals surface area contributed by atoms with Crippen LogP contribution in [0.2, 0.25) is 0 Å². The first-order valence-electron chi connectivity index (χ1n) is 13.7. The molecule has 202 valence electrons. The summed E-state index contributed by atoms with van der Waals surface area (Å²) in [4.78, 5) is 0. The van der Waals surface area contributed by atoms with Gasteiger partial charge in [-0.3, -0.25) is 0 Å². The summed E-state index contributed by atoms with van der Waals surface area (Å²) in [7, 11) is 0. The Labute approximate surface area is 278 Å². The summed E-state index contributed by atoms with van der Waals surface area (Å²) >= 11 is 2.16. The minimum Gasteiger partial charge on any atom is -0.216 e. The van der Waals surface area contributed by atoms with E-state index < -0.39 is 0 Å². The van der Waals surface area contributed by atoms with E-state index in [1.807, 2.05) is 12.8 Å². The molecule has 1 heterocycles. The average molecular weight is 739 g/mol. The number of hydrogen-bond acceptors (Lipinski definition) is 0. The molecule has 0 unspecified atom stereocenters. The second-order valence-corrected chi connectivity index (χ2v) is 10.8. The second-order valence-electron chi connectivity index (χ2n) is 9.67. The van der Waals surface area contributed by atoms with Gasteiger partial charge in [-0.2, -0.15) is 0 Å². The van der Waals surface area contributed by atoms with Crippen molar-refractivity contribution < 1.29 is 19.5 Å². The molecule has 3 heteroatoms. The van der Waals surface area contributed by atoms with Gasteiger partial charge in [-0.15, -0.1) is 0 Å². The molecule has 7 rings (SSSR count). The number of hydrogen-bond donors (Lipinski definition) is 0. The summed E-state index contributed by atoms with van der Waals surface area (Å²) in [5.41, 5.74) is 6.13. The Morgan fingerprint density at radius 3 is 0.738 bits per heavy atom. The third kappa shape index (κ3) is 6.96. The van der Waals surface area contributed by atoms with Crippen LogP contribution in [0.4, 0.5) is 0 Å². The zero-order valence-electron chi connectivity index (χ0n) is 22.8. The molecular formula is C39H28INRu+2. The second kappa shape index (κ2) is 15.2. The maximum Gasteiger partial charge on any atom is 2.00 e. The van der Waals surface area contributed by atoms with E-state index in [4.69, 9.17) is 0 Å². The van der Waals surface area contributed by atoms with Gasteiger partial charge in [-0.25, -0.2) is 5.32 Å². The number of benzene rings is 5. The fourth-order valence-corrected chi connectivity index (χ4v) is 5.74. The molecular weight excluding hydrogens is 710 g/mol. The van der Waals surface area contributed by atoms with Crippen LogP contribution in [0.25, 0.3) is 0 Å². The third-order valence-electron chi connectivity index (χ3n) is 7.08.